The van der Waals surface area contributed by atoms with Crippen molar-refractivity contribution in [2.45, 2.75) is 38.2 Å². The largest absolute Gasteiger partial charge is 0.495 e. The van der Waals surface area contributed by atoms with Gasteiger partial charge >= 0.3 is 6.03 Å². The minimum absolute atomic E-state index is 0.189. The molecule has 1 aliphatic carbocycles. The number of carbonyl (C=O) groups excluding carboxylic acids is 2. The Morgan fingerprint density at radius 3 is 2.38 bits per heavy atom. The summed E-state index contributed by atoms with van der Waals surface area (Å²) >= 11 is 0. The van der Waals surface area contributed by atoms with E-state index in [1.165, 1.54) is 17.7 Å². The number of imide groups is 1. The van der Waals surface area contributed by atoms with E-state index in [0.29, 0.717) is 18.0 Å². The van der Waals surface area contributed by atoms with Crippen molar-refractivity contribution >= 4 is 23.7 Å². The molecule has 0 aromatic heterocycles. The molecule has 5 rings (SSSR count). The van der Waals surface area contributed by atoms with Gasteiger partial charge in [0, 0.05) is 32.7 Å². The van der Waals surface area contributed by atoms with Crippen molar-refractivity contribution in [2.75, 3.05) is 58.4 Å². The minimum Gasteiger partial charge on any atom is -0.495 e. The molecule has 1 saturated carbocycles. The first-order valence-corrected chi connectivity index (χ1v) is 13.9. The van der Waals surface area contributed by atoms with E-state index in [1.54, 1.807) is 20.3 Å². The van der Waals surface area contributed by atoms with Crippen molar-refractivity contribution in [3.05, 3.63) is 53.7 Å². The third-order valence-corrected chi connectivity index (χ3v) is 7.71. The van der Waals surface area contributed by atoms with Crippen LogP contribution in [0.4, 0.5) is 10.5 Å². The zero-order chi connectivity index (χ0) is 27.2. The van der Waals surface area contributed by atoms with E-state index in [0.717, 1.165) is 69.0 Å². The number of hydrogen-bond acceptors (Lipinski definition) is 7. The van der Waals surface area contributed by atoms with Crippen LogP contribution in [0.3, 0.4) is 0 Å². The van der Waals surface area contributed by atoms with Gasteiger partial charge in [-0.1, -0.05) is 18.2 Å². The van der Waals surface area contributed by atoms with Crippen molar-refractivity contribution in [3.8, 4) is 17.2 Å². The highest BCUT2D eigenvalue weighted by molar-refractivity contribution is 6.14. The highest BCUT2D eigenvalue weighted by atomic mass is 16.5. The maximum atomic E-state index is 13.0. The standard InChI is InChI=1S/C30H38N4O5/c1-37-26-11-6-5-10-25(26)33-18-16-32(17-19-33)14-7-15-34-29(35)24(31-30(34)36)20-22-12-13-27(38-2)28(21-22)39-23-8-3-4-9-23/h5-6,10-13,20-21,23H,3-4,7-9,14-19H2,1-2H3,(H,31,36)/b24-20-. The average Bonchev–Trinajstić information content (AvgIpc) is 3.57. The van der Waals surface area contributed by atoms with Crippen LogP contribution in [0.15, 0.2) is 48.2 Å². The molecule has 0 unspecified atom stereocenters. The second kappa shape index (κ2) is 12.4. The molecule has 3 aliphatic rings. The molecule has 0 radical (unpaired) electrons. The van der Waals surface area contributed by atoms with Gasteiger partial charge in [-0.2, -0.15) is 0 Å². The maximum Gasteiger partial charge on any atom is 0.329 e. The number of benzene rings is 2. The van der Waals surface area contributed by atoms with Gasteiger partial charge in [0.15, 0.2) is 11.5 Å². The number of anilines is 1. The van der Waals surface area contributed by atoms with Gasteiger partial charge in [0.1, 0.15) is 11.4 Å². The predicted octanol–water partition coefficient (Wildman–Crippen LogP) is 4.13. The first-order valence-electron chi connectivity index (χ1n) is 13.9. The molecule has 2 aromatic carbocycles. The molecule has 2 saturated heterocycles. The summed E-state index contributed by atoms with van der Waals surface area (Å²) in [6.07, 6.45) is 7.04. The maximum absolute atomic E-state index is 13.0. The van der Waals surface area contributed by atoms with Gasteiger partial charge < -0.3 is 24.4 Å². The summed E-state index contributed by atoms with van der Waals surface area (Å²) in [4.78, 5) is 31.7. The van der Waals surface area contributed by atoms with Crippen molar-refractivity contribution in [1.82, 2.24) is 15.1 Å². The summed E-state index contributed by atoms with van der Waals surface area (Å²) < 4.78 is 17.2. The molecule has 9 nitrogen and oxygen atoms in total. The molecule has 0 bridgehead atoms. The Morgan fingerprint density at radius 2 is 1.64 bits per heavy atom. The molecule has 2 heterocycles. The molecule has 3 fully saturated rings. The Balaban J connectivity index is 1.13. The molecule has 39 heavy (non-hydrogen) atoms. The summed E-state index contributed by atoms with van der Waals surface area (Å²) in [5.41, 5.74) is 2.18. The van der Waals surface area contributed by atoms with Crippen molar-refractivity contribution < 1.29 is 23.8 Å². The van der Waals surface area contributed by atoms with Gasteiger partial charge in [-0.05, 0) is 74.6 Å². The van der Waals surface area contributed by atoms with Gasteiger partial charge in [-0.15, -0.1) is 0 Å². The lowest BCUT2D eigenvalue weighted by Gasteiger charge is -2.36. The number of methoxy groups -OCH3 is 2. The van der Waals surface area contributed by atoms with E-state index in [4.69, 9.17) is 14.2 Å². The number of carbonyl (C=O) groups is 2. The zero-order valence-electron chi connectivity index (χ0n) is 22.9. The molecular formula is C30H38N4O5. The van der Waals surface area contributed by atoms with E-state index >= 15 is 0 Å². The van der Waals surface area contributed by atoms with Crippen LogP contribution in [0.1, 0.15) is 37.7 Å². The van der Waals surface area contributed by atoms with Crippen LogP contribution in [-0.4, -0.2) is 81.3 Å². The number of urea groups is 1. The van der Waals surface area contributed by atoms with E-state index in [1.807, 2.05) is 36.4 Å². The van der Waals surface area contributed by atoms with E-state index in [9.17, 15) is 9.59 Å². The molecule has 1 N–H and O–H groups in total. The number of ether oxygens (including phenoxy) is 3. The quantitative estimate of drug-likeness (QED) is 0.363. The third kappa shape index (κ3) is 6.30. The summed E-state index contributed by atoms with van der Waals surface area (Å²) in [6, 6.07) is 13.3. The minimum atomic E-state index is -0.372. The number of para-hydroxylation sites is 2. The van der Waals surface area contributed by atoms with E-state index in [-0.39, 0.29) is 23.7 Å². The lowest BCUT2D eigenvalue weighted by Crippen LogP contribution is -2.47. The fourth-order valence-corrected chi connectivity index (χ4v) is 5.56. The molecule has 2 aromatic rings. The Hall–Kier alpha value is -3.72. The number of nitrogens with one attached hydrogen (secondary N) is 1. The molecule has 0 atom stereocenters. The Morgan fingerprint density at radius 1 is 0.897 bits per heavy atom. The second-order valence-corrected chi connectivity index (χ2v) is 10.2. The SMILES string of the molecule is COc1ccc(/C=C2\NC(=O)N(CCCN3CCN(c4ccccc4OC)CC3)C2=O)cc1OC1CCCC1. The Labute approximate surface area is 230 Å². The lowest BCUT2D eigenvalue weighted by atomic mass is 10.1. The van der Waals surface area contributed by atoms with Gasteiger partial charge in [-0.3, -0.25) is 14.6 Å². The predicted molar refractivity (Wildman–Crippen MR) is 150 cm³/mol. The molecule has 9 heteroatoms. The highest BCUT2D eigenvalue weighted by Crippen LogP contribution is 2.33. The average molecular weight is 535 g/mol. The third-order valence-electron chi connectivity index (χ3n) is 7.71. The van der Waals surface area contributed by atoms with E-state index < -0.39 is 0 Å². The van der Waals surface area contributed by atoms with Crippen molar-refractivity contribution in [3.63, 3.8) is 0 Å². The molecule has 0 spiro atoms. The van der Waals surface area contributed by atoms with Crippen LogP contribution in [0.25, 0.3) is 6.08 Å². The number of rotatable bonds is 10. The summed E-state index contributed by atoms with van der Waals surface area (Å²) in [5, 5.41) is 2.74. The molecule has 208 valence electrons. The fourth-order valence-electron chi connectivity index (χ4n) is 5.56. The van der Waals surface area contributed by atoms with Crippen LogP contribution < -0.4 is 24.4 Å². The Bertz CT molecular complexity index is 1200. The highest BCUT2D eigenvalue weighted by Gasteiger charge is 2.33. The summed E-state index contributed by atoms with van der Waals surface area (Å²) in [6.45, 7) is 4.87. The van der Waals surface area contributed by atoms with Gasteiger partial charge in [0.05, 0.1) is 26.0 Å². The summed E-state index contributed by atoms with van der Waals surface area (Å²) in [5.74, 6) is 1.92. The number of amides is 3. The molecule has 3 amide bonds. The first-order chi connectivity index (χ1) is 19.1. The van der Waals surface area contributed by atoms with Gasteiger partial charge in [0.2, 0.25) is 0 Å². The van der Waals surface area contributed by atoms with Crippen LogP contribution in [0.5, 0.6) is 17.2 Å². The number of nitrogens with zero attached hydrogens (tertiary/aromatic N) is 3. The zero-order valence-corrected chi connectivity index (χ0v) is 22.9. The van der Waals surface area contributed by atoms with Crippen LogP contribution in [-0.2, 0) is 4.79 Å². The smallest absolute Gasteiger partial charge is 0.329 e. The van der Waals surface area contributed by atoms with Gasteiger partial charge in [0.25, 0.3) is 5.91 Å². The Kier molecular flexibility index (Phi) is 8.56. The number of hydrogen-bond donors (Lipinski definition) is 1. The van der Waals surface area contributed by atoms with Crippen molar-refractivity contribution in [1.29, 1.82) is 0 Å². The first kappa shape index (κ1) is 26.9. The van der Waals surface area contributed by atoms with Crippen LogP contribution in [0.2, 0.25) is 0 Å². The monoisotopic (exact) mass is 534 g/mol. The topological polar surface area (TPSA) is 83.6 Å². The fraction of sp³-hybridized carbons (Fsp3) is 0.467. The normalized spacial score (nSPS) is 19.6. The van der Waals surface area contributed by atoms with Crippen LogP contribution >= 0.6 is 0 Å². The van der Waals surface area contributed by atoms with E-state index in [2.05, 4.69) is 21.2 Å². The van der Waals surface area contributed by atoms with Gasteiger partial charge in [-0.25, -0.2) is 4.79 Å². The van der Waals surface area contributed by atoms with Crippen molar-refractivity contribution in [2.24, 2.45) is 0 Å². The molecule has 2 aliphatic heterocycles. The second-order valence-electron chi connectivity index (χ2n) is 10.2. The summed E-state index contributed by atoms with van der Waals surface area (Å²) in [7, 11) is 3.32. The van der Waals surface area contributed by atoms with Crippen LogP contribution in [0, 0.1) is 0 Å². The lowest BCUT2D eigenvalue weighted by molar-refractivity contribution is -0.122. The molecular weight excluding hydrogens is 496 g/mol. The number of piperazine rings is 1.